The normalized spacial score (nSPS) is 11.3. The average molecular weight is 684 g/mol. The number of amidine groups is 1. The number of benzene rings is 3. The highest BCUT2D eigenvalue weighted by Crippen LogP contribution is 2.33. The summed E-state index contributed by atoms with van der Waals surface area (Å²) in [7, 11) is -1.16. The molecule has 0 fully saturated rings. The Morgan fingerprint density at radius 2 is 1.65 bits per heavy atom. The molecule has 3 aromatic carbocycles. The van der Waals surface area contributed by atoms with E-state index in [9.17, 15) is 27.9 Å². The molecule has 1 unspecified atom stereocenters. The number of nitrogens with zero attached hydrogens (tertiary/aromatic N) is 2. The van der Waals surface area contributed by atoms with Crippen LogP contribution in [0, 0.1) is 15.7 Å². The Hall–Kier alpha value is -5.52. The lowest BCUT2D eigenvalue weighted by atomic mass is 10.0. The number of imidazole rings is 1. The van der Waals surface area contributed by atoms with Crippen molar-refractivity contribution in [3.63, 3.8) is 0 Å². The number of likely N-dealkylation sites (N-methyl/N-ethyl adjacent to an activating group) is 1. The first-order valence-electron chi connectivity index (χ1n) is 14.0. The van der Waals surface area contributed by atoms with E-state index in [1.165, 1.54) is 25.2 Å². The zero-order valence-electron chi connectivity index (χ0n) is 27.1. The fourth-order valence-corrected chi connectivity index (χ4v) is 4.16. The molecule has 17 heteroatoms. The van der Waals surface area contributed by atoms with Crippen LogP contribution in [0.3, 0.4) is 0 Å². The molecule has 1 heterocycles. The van der Waals surface area contributed by atoms with E-state index in [1.807, 2.05) is 26.8 Å². The van der Waals surface area contributed by atoms with Crippen LogP contribution in [-0.4, -0.2) is 67.6 Å². The predicted octanol–water partition coefficient (Wildman–Crippen LogP) is 2.08. The highest BCUT2D eigenvalue weighted by molar-refractivity contribution is 7.89. The van der Waals surface area contributed by atoms with Crippen molar-refractivity contribution in [2.75, 3.05) is 14.1 Å². The van der Waals surface area contributed by atoms with Crippen LogP contribution >= 0.6 is 0 Å². The van der Waals surface area contributed by atoms with Crippen molar-refractivity contribution in [3.05, 3.63) is 71.1 Å². The number of aldehydes is 1. The van der Waals surface area contributed by atoms with Crippen LogP contribution in [0.25, 0.3) is 33.5 Å². The monoisotopic (exact) mass is 683 g/mol. The van der Waals surface area contributed by atoms with Gasteiger partial charge in [-0.1, -0.05) is 44.1 Å². The van der Waals surface area contributed by atoms with Gasteiger partial charge in [-0.15, -0.1) is 0 Å². The minimum Gasteiger partial charge on any atom is -0.507 e. The molecule has 1 atom stereocenters. The number of carbonyl (C=O) groups excluding carboxylic acids is 3. The topological polar surface area (TPSA) is 304 Å². The summed E-state index contributed by atoms with van der Waals surface area (Å²) in [5.74, 6) is -0.621. The zero-order chi connectivity index (χ0) is 36.8. The summed E-state index contributed by atoms with van der Waals surface area (Å²) in [6, 6.07) is 15.7. The van der Waals surface area contributed by atoms with E-state index < -0.39 is 27.9 Å². The maximum absolute atomic E-state index is 11.6. The number of fused-ring (bicyclic) bond motifs is 1. The fraction of sp³-hybridized carbons (Fsp3) is 0.258. The molecule has 0 saturated carbocycles. The molecule has 4 rings (SSSR count). The van der Waals surface area contributed by atoms with E-state index in [0.717, 1.165) is 22.9 Å². The number of amides is 2. The van der Waals surface area contributed by atoms with Gasteiger partial charge in [-0.05, 0) is 55.1 Å². The number of aromatic hydroxyl groups is 1. The smallest absolute Gasteiger partial charge is 0.238 e. The lowest BCUT2D eigenvalue weighted by Crippen LogP contribution is -2.41. The van der Waals surface area contributed by atoms with Gasteiger partial charge in [0.05, 0.1) is 35.4 Å². The Bertz CT molecular complexity index is 1870. The second kappa shape index (κ2) is 18.0. The van der Waals surface area contributed by atoms with Crippen molar-refractivity contribution < 1.29 is 27.9 Å². The number of carbonyl (C=O) groups is 3. The summed E-state index contributed by atoms with van der Waals surface area (Å²) in [6.07, 6.45) is 0.888. The average Bonchev–Trinajstić information content (AvgIpc) is 3.44. The maximum atomic E-state index is 11.6. The molecule has 2 amide bonds. The molecule has 12 N–H and O–H groups in total. The van der Waals surface area contributed by atoms with Crippen LogP contribution in [0.1, 0.15) is 32.8 Å². The second-order valence-electron chi connectivity index (χ2n) is 11.1. The van der Waals surface area contributed by atoms with Gasteiger partial charge < -0.3 is 37.4 Å². The molecule has 0 spiro atoms. The molecule has 0 aliphatic rings. The van der Waals surface area contributed by atoms with Crippen LogP contribution in [-0.2, 0) is 24.4 Å². The quantitative estimate of drug-likeness (QED) is 0.0578. The van der Waals surface area contributed by atoms with E-state index in [4.69, 9.17) is 32.7 Å². The van der Waals surface area contributed by atoms with Gasteiger partial charge in [0.1, 0.15) is 23.7 Å². The number of nitroso groups, excluding NO2 is 1. The van der Waals surface area contributed by atoms with Crippen molar-refractivity contribution in [3.8, 4) is 28.3 Å². The van der Waals surface area contributed by atoms with Crippen molar-refractivity contribution >= 4 is 45.0 Å². The van der Waals surface area contributed by atoms with Crippen LogP contribution in [0.4, 0.5) is 0 Å². The summed E-state index contributed by atoms with van der Waals surface area (Å²) in [5, 5.41) is 27.8. The minimum absolute atomic E-state index is 0.0322. The maximum Gasteiger partial charge on any atom is 0.238 e. The van der Waals surface area contributed by atoms with Crippen molar-refractivity contribution in [1.29, 1.82) is 5.41 Å². The molecular formula is C31H41N9O7S. The standard InChI is InChI=1S/C20H17N5O3S.C5H11N3O2.C5H10O.CH3NO/c21-19(22)12-4-6-16-17(9-12)25-20(24-16)13-3-1-2-11(8-13)15-10-14(29(23,27)28)5-7-18(15)26;1-8-3(5(7)10)2-4(6)9;1-5(2,3)4-6;1-2-3/h1-10,26H,(H3,21,22)(H,24,25)(H2,23,27,28);3,8H,2H2,1H3,(H2,6,9)(H2,7,10);4H,1-3H3;1H3. The summed E-state index contributed by atoms with van der Waals surface area (Å²) in [5.41, 5.74) is 18.8. The summed E-state index contributed by atoms with van der Waals surface area (Å²) >= 11 is 0. The van der Waals surface area contributed by atoms with E-state index in [1.54, 1.807) is 43.4 Å². The Labute approximate surface area is 277 Å². The van der Waals surface area contributed by atoms with Crippen molar-refractivity contribution in [1.82, 2.24) is 15.3 Å². The molecule has 0 saturated heterocycles. The number of hydrogen-bond donors (Lipinski definition) is 8. The molecular weight excluding hydrogens is 642 g/mol. The number of primary sulfonamides is 1. The van der Waals surface area contributed by atoms with Gasteiger partial charge >= 0.3 is 0 Å². The largest absolute Gasteiger partial charge is 0.507 e. The first-order chi connectivity index (χ1) is 22.3. The first kappa shape index (κ1) is 40.5. The van der Waals surface area contributed by atoms with Gasteiger partial charge in [0, 0.05) is 22.1 Å². The third-order valence-electron chi connectivity index (χ3n) is 5.99. The zero-order valence-corrected chi connectivity index (χ0v) is 28.0. The highest BCUT2D eigenvalue weighted by atomic mass is 32.2. The molecule has 0 bridgehead atoms. The Balaban J connectivity index is 0.000000500. The summed E-state index contributed by atoms with van der Waals surface area (Å²) < 4.78 is 23.3. The number of phenolic OH excluding ortho intramolecular Hbond substituents is 1. The van der Waals surface area contributed by atoms with Crippen LogP contribution in [0.5, 0.6) is 5.75 Å². The lowest BCUT2D eigenvalue weighted by Gasteiger charge is -2.08. The molecule has 1 aromatic heterocycles. The predicted molar refractivity (Wildman–Crippen MR) is 184 cm³/mol. The Morgan fingerprint density at radius 3 is 2.10 bits per heavy atom. The number of phenols is 1. The lowest BCUT2D eigenvalue weighted by molar-refractivity contribution is -0.125. The van der Waals surface area contributed by atoms with Gasteiger partial charge in [0.25, 0.3) is 0 Å². The number of nitrogen functional groups attached to an aromatic ring is 1. The van der Waals surface area contributed by atoms with Crippen LogP contribution in [0.15, 0.2) is 70.7 Å². The van der Waals surface area contributed by atoms with E-state index in [2.05, 4.69) is 20.5 Å². The Kier molecular flexibility index (Phi) is 15.2. The van der Waals surface area contributed by atoms with Gasteiger partial charge in [-0.2, -0.15) is 4.91 Å². The highest BCUT2D eigenvalue weighted by Gasteiger charge is 2.15. The summed E-state index contributed by atoms with van der Waals surface area (Å²) in [6.45, 7) is 5.62. The van der Waals surface area contributed by atoms with Gasteiger partial charge in [0.15, 0.2) is 0 Å². The van der Waals surface area contributed by atoms with E-state index >= 15 is 0 Å². The molecule has 4 aromatic rings. The molecule has 0 aliphatic carbocycles. The van der Waals surface area contributed by atoms with Gasteiger partial charge in [-0.3, -0.25) is 15.0 Å². The molecule has 16 nitrogen and oxygen atoms in total. The number of sulfonamides is 1. The third kappa shape index (κ3) is 13.1. The first-order valence-corrected chi connectivity index (χ1v) is 15.6. The van der Waals surface area contributed by atoms with E-state index in [-0.39, 0.29) is 28.3 Å². The van der Waals surface area contributed by atoms with Crippen molar-refractivity contribution in [2.45, 2.75) is 38.1 Å². The summed E-state index contributed by atoms with van der Waals surface area (Å²) in [4.78, 5) is 46.7. The minimum atomic E-state index is -3.90. The number of aromatic nitrogens is 2. The second-order valence-corrected chi connectivity index (χ2v) is 12.7. The van der Waals surface area contributed by atoms with E-state index in [0.29, 0.717) is 22.5 Å². The number of nitrogens with one attached hydrogen (secondary N) is 3. The number of aromatic amines is 1. The molecule has 0 aliphatic heterocycles. The van der Waals surface area contributed by atoms with Gasteiger partial charge in [-0.25, -0.2) is 18.5 Å². The number of hydrogen-bond acceptors (Lipinski definition) is 11. The number of nitrogens with two attached hydrogens (primary N) is 4. The molecule has 0 radical (unpaired) electrons. The number of H-pyrrole nitrogens is 1. The Morgan fingerprint density at radius 1 is 1.06 bits per heavy atom. The number of primary amides is 2. The molecule has 48 heavy (non-hydrogen) atoms. The van der Waals surface area contributed by atoms with Crippen LogP contribution < -0.4 is 27.7 Å². The number of rotatable bonds is 8. The molecule has 258 valence electrons. The fourth-order valence-electron chi connectivity index (χ4n) is 3.62. The third-order valence-corrected chi connectivity index (χ3v) is 6.90. The van der Waals surface area contributed by atoms with Crippen LogP contribution in [0.2, 0.25) is 0 Å². The van der Waals surface area contributed by atoms with Gasteiger partial charge in [0.2, 0.25) is 21.8 Å². The SMILES string of the molecule is CC(C)(C)C=O.CN=O.CNC(CC(N)=O)C(N)=O.N=C(N)c1ccc2nc(-c3cccc(-c4cc(S(N)(=O)=O)ccc4O)c3)[nH]c2c1. The van der Waals surface area contributed by atoms with Crippen molar-refractivity contribution in [2.24, 2.45) is 32.9 Å².